The number of carbonyl (C=O) groups is 1. The van der Waals surface area contributed by atoms with Crippen LogP contribution in [0.5, 0.6) is 0 Å². The van der Waals surface area contributed by atoms with E-state index in [1.54, 1.807) is 23.9 Å². The first-order chi connectivity index (χ1) is 7.50. The molecule has 0 fully saturated rings. The van der Waals surface area contributed by atoms with E-state index in [0.717, 1.165) is 0 Å². The lowest BCUT2D eigenvalue weighted by molar-refractivity contribution is -0.116. The summed E-state index contributed by atoms with van der Waals surface area (Å²) in [6.45, 7) is 4.10. The van der Waals surface area contributed by atoms with Gasteiger partial charge in [0.1, 0.15) is 11.6 Å². The van der Waals surface area contributed by atoms with Crippen LogP contribution in [0.4, 0.5) is 4.39 Å². The molecular weight excluding hydrogens is 291 g/mol. The number of hydrogen-bond acceptors (Lipinski definition) is 2. The number of hydrogen-bond donors (Lipinski definition) is 0. The normalized spacial score (nSPS) is 10.8. The van der Waals surface area contributed by atoms with E-state index in [1.807, 2.05) is 0 Å². The monoisotopic (exact) mass is 304 g/mol. The zero-order valence-corrected chi connectivity index (χ0v) is 11.7. The Hall–Kier alpha value is -0.350. The van der Waals surface area contributed by atoms with Crippen molar-refractivity contribution in [3.8, 4) is 0 Å². The van der Waals surface area contributed by atoms with E-state index >= 15 is 0 Å². The maximum Gasteiger partial charge on any atom is 0.147 e. The van der Waals surface area contributed by atoms with Gasteiger partial charge in [-0.2, -0.15) is 11.8 Å². The maximum absolute atomic E-state index is 13.2. The number of thioether (sulfide) groups is 1. The van der Waals surface area contributed by atoms with Crippen molar-refractivity contribution < 1.29 is 9.18 Å². The Morgan fingerprint density at radius 2 is 2.19 bits per heavy atom. The number of rotatable bonds is 5. The van der Waals surface area contributed by atoms with Gasteiger partial charge in [-0.1, -0.05) is 26.0 Å². The minimum Gasteiger partial charge on any atom is -0.298 e. The van der Waals surface area contributed by atoms with Crippen LogP contribution in [0.15, 0.2) is 22.7 Å². The number of carbonyl (C=O) groups excluding carboxylic acids is 1. The average Bonchev–Trinajstić information content (AvgIpc) is 2.22. The second-order valence-corrected chi connectivity index (χ2v) is 6.15. The van der Waals surface area contributed by atoms with Crippen molar-refractivity contribution in [1.29, 1.82) is 0 Å². The van der Waals surface area contributed by atoms with E-state index in [2.05, 4.69) is 29.8 Å². The Labute approximate surface area is 108 Å². The van der Waals surface area contributed by atoms with Gasteiger partial charge in [0, 0.05) is 6.42 Å². The third kappa shape index (κ3) is 4.26. The molecule has 4 heteroatoms. The number of benzene rings is 1. The van der Waals surface area contributed by atoms with Crippen molar-refractivity contribution in [2.24, 2.45) is 0 Å². The molecule has 1 aromatic carbocycles. The summed E-state index contributed by atoms with van der Waals surface area (Å²) >= 11 is 4.76. The summed E-state index contributed by atoms with van der Waals surface area (Å²) in [6, 6.07) is 4.77. The fourth-order valence-electron chi connectivity index (χ4n) is 1.21. The van der Waals surface area contributed by atoms with Crippen LogP contribution >= 0.6 is 27.7 Å². The summed E-state index contributed by atoms with van der Waals surface area (Å²) in [5.74, 6) is 0.299. The molecule has 0 unspecified atom stereocenters. The van der Waals surface area contributed by atoms with Crippen LogP contribution in [-0.2, 0) is 11.2 Å². The van der Waals surface area contributed by atoms with Gasteiger partial charge in [-0.05, 0) is 32.8 Å². The van der Waals surface area contributed by atoms with Crippen LogP contribution in [0, 0.1) is 5.82 Å². The minimum atomic E-state index is -0.318. The first kappa shape index (κ1) is 13.7. The van der Waals surface area contributed by atoms with Gasteiger partial charge in [0.2, 0.25) is 0 Å². The van der Waals surface area contributed by atoms with Gasteiger partial charge in [-0.3, -0.25) is 4.79 Å². The van der Waals surface area contributed by atoms with Gasteiger partial charge < -0.3 is 0 Å². The molecule has 0 bridgehead atoms. The fourth-order valence-corrected chi connectivity index (χ4v) is 2.23. The topological polar surface area (TPSA) is 17.1 Å². The molecule has 0 radical (unpaired) electrons. The second-order valence-electron chi connectivity index (χ2n) is 3.79. The molecule has 0 aliphatic carbocycles. The van der Waals surface area contributed by atoms with E-state index in [9.17, 15) is 9.18 Å². The lowest BCUT2D eigenvalue weighted by atomic mass is 10.1. The highest BCUT2D eigenvalue weighted by atomic mass is 79.9. The van der Waals surface area contributed by atoms with Gasteiger partial charge in [0.25, 0.3) is 0 Å². The third-order valence-electron chi connectivity index (χ3n) is 2.00. The molecule has 88 valence electrons. The molecule has 16 heavy (non-hydrogen) atoms. The van der Waals surface area contributed by atoms with Crippen molar-refractivity contribution >= 4 is 33.5 Å². The highest BCUT2D eigenvalue weighted by Crippen LogP contribution is 2.21. The van der Waals surface area contributed by atoms with Gasteiger partial charge in [-0.25, -0.2) is 4.39 Å². The van der Waals surface area contributed by atoms with E-state index in [-0.39, 0.29) is 18.0 Å². The standard InChI is InChI=1S/C12H14BrFOS/c1-8(2)16-7-10(15)6-9-4-3-5-11(14)12(9)13/h3-5,8H,6-7H2,1-2H3. The number of Topliss-reactive ketones (excluding diaryl/α,β-unsaturated/α-hetero) is 1. The molecule has 0 heterocycles. The summed E-state index contributed by atoms with van der Waals surface area (Å²) in [5.41, 5.74) is 0.717. The lowest BCUT2D eigenvalue weighted by Gasteiger charge is -2.06. The van der Waals surface area contributed by atoms with Crippen LogP contribution in [0.1, 0.15) is 19.4 Å². The molecule has 0 saturated carbocycles. The molecule has 1 rings (SSSR count). The molecule has 1 aromatic rings. The molecule has 0 atom stereocenters. The van der Waals surface area contributed by atoms with Gasteiger partial charge in [0.05, 0.1) is 10.2 Å². The lowest BCUT2D eigenvalue weighted by Crippen LogP contribution is -2.08. The van der Waals surface area contributed by atoms with Gasteiger partial charge in [0.15, 0.2) is 0 Å². The Morgan fingerprint density at radius 3 is 2.81 bits per heavy atom. The maximum atomic E-state index is 13.2. The van der Waals surface area contributed by atoms with E-state index in [0.29, 0.717) is 21.0 Å². The molecule has 1 nitrogen and oxygen atoms in total. The van der Waals surface area contributed by atoms with Crippen molar-refractivity contribution in [3.05, 3.63) is 34.1 Å². The SMILES string of the molecule is CC(C)SCC(=O)Cc1cccc(F)c1Br. The largest absolute Gasteiger partial charge is 0.298 e. The summed E-state index contributed by atoms with van der Waals surface area (Å²) in [7, 11) is 0. The predicted octanol–water partition coefficient (Wildman–Crippen LogP) is 3.84. The highest BCUT2D eigenvalue weighted by molar-refractivity contribution is 9.10. The number of halogens is 2. The second kappa shape index (κ2) is 6.40. The Kier molecular flexibility index (Phi) is 5.49. The fraction of sp³-hybridized carbons (Fsp3) is 0.417. The summed E-state index contributed by atoms with van der Waals surface area (Å²) in [5, 5.41) is 0.444. The van der Waals surface area contributed by atoms with Gasteiger partial charge in [-0.15, -0.1) is 0 Å². The molecule has 0 aliphatic heterocycles. The van der Waals surface area contributed by atoms with Crippen molar-refractivity contribution in [2.45, 2.75) is 25.5 Å². The molecule has 0 aliphatic rings. The minimum absolute atomic E-state index is 0.130. The van der Waals surface area contributed by atoms with Crippen LogP contribution < -0.4 is 0 Å². The molecule has 0 spiro atoms. The zero-order chi connectivity index (χ0) is 12.1. The van der Waals surface area contributed by atoms with Crippen LogP contribution in [0.2, 0.25) is 0 Å². The van der Waals surface area contributed by atoms with Crippen molar-refractivity contribution in [3.63, 3.8) is 0 Å². The molecule has 0 amide bonds. The zero-order valence-electron chi connectivity index (χ0n) is 9.30. The highest BCUT2D eigenvalue weighted by Gasteiger charge is 2.10. The first-order valence-corrected chi connectivity index (χ1v) is 6.91. The summed E-state index contributed by atoms with van der Waals surface area (Å²) in [4.78, 5) is 11.6. The molecule has 0 N–H and O–H groups in total. The quantitative estimate of drug-likeness (QED) is 0.822. The van der Waals surface area contributed by atoms with Gasteiger partial charge >= 0.3 is 0 Å². The van der Waals surface area contributed by atoms with Crippen molar-refractivity contribution in [1.82, 2.24) is 0 Å². The molecule has 0 saturated heterocycles. The van der Waals surface area contributed by atoms with E-state index in [4.69, 9.17) is 0 Å². The molecule has 0 aromatic heterocycles. The van der Waals surface area contributed by atoms with Crippen LogP contribution in [0.3, 0.4) is 0 Å². The summed E-state index contributed by atoms with van der Waals surface area (Å²) in [6.07, 6.45) is 0.290. The third-order valence-corrected chi connectivity index (χ3v) is 4.04. The van der Waals surface area contributed by atoms with Crippen LogP contribution in [0.25, 0.3) is 0 Å². The smallest absolute Gasteiger partial charge is 0.147 e. The Morgan fingerprint density at radius 1 is 1.50 bits per heavy atom. The Bertz CT molecular complexity index is 379. The molecular formula is C12H14BrFOS. The van der Waals surface area contributed by atoms with E-state index < -0.39 is 0 Å². The predicted molar refractivity (Wildman–Crippen MR) is 70.4 cm³/mol. The number of ketones is 1. The van der Waals surface area contributed by atoms with Crippen LogP contribution in [-0.4, -0.2) is 16.8 Å². The summed E-state index contributed by atoms with van der Waals surface area (Å²) < 4.78 is 13.6. The van der Waals surface area contributed by atoms with E-state index in [1.165, 1.54) is 6.07 Å². The average molecular weight is 305 g/mol. The first-order valence-electron chi connectivity index (χ1n) is 5.07. The Balaban J connectivity index is 2.59. The van der Waals surface area contributed by atoms with Crippen molar-refractivity contribution in [2.75, 3.05) is 5.75 Å².